The van der Waals surface area contributed by atoms with Gasteiger partial charge in [-0.15, -0.1) is 11.8 Å². The summed E-state index contributed by atoms with van der Waals surface area (Å²) in [4.78, 5) is 12.5. The van der Waals surface area contributed by atoms with E-state index in [1.54, 1.807) is 0 Å². The van der Waals surface area contributed by atoms with Crippen LogP contribution in [0.25, 0.3) is 0 Å². The standard InChI is InChI=1S/C21H18F2OS/c1-13(24)16-8-7-15(19(22)20(16)23)6-4-14-5-9-18-17(12-14)21(2,3)10-11-25-18/h5,7-9,12H,10-11H2,1-3H3. The SMILES string of the molecule is CC(=O)c1ccc(C#Cc2ccc3c(c2)C(C)(C)CCS3)c(F)c1F. The largest absolute Gasteiger partial charge is 0.294 e. The van der Waals surface area contributed by atoms with Crippen molar-refractivity contribution in [2.24, 2.45) is 0 Å². The Labute approximate surface area is 150 Å². The van der Waals surface area contributed by atoms with Crippen molar-refractivity contribution in [1.29, 1.82) is 0 Å². The van der Waals surface area contributed by atoms with Crippen LogP contribution >= 0.6 is 11.8 Å². The maximum atomic E-state index is 14.1. The molecule has 2 aromatic rings. The number of carbonyl (C=O) groups is 1. The molecule has 1 heterocycles. The second-order valence-electron chi connectivity index (χ2n) is 6.79. The summed E-state index contributed by atoms with van der Waals surface area (Å²) in [5.74, 6) is 3.98. The third-order valence-corrected chi connectivity index (χ3v) is 5.57. The fourth-order valence-electron chi connectivity index (χ4n) is 2.87. The summed E-state index contributed by atoms with van der Waals surface area (Å²) in [5.41, 5.74) is 1.79. The smallest absolute Gasteiger partial charge is 0.175 e. The molecule has 1 aliphatic rings. The van der Waals surface area contributed by atoms with Gasteiger partial charge in [0.2, 0.25) is 0 Å². The number of Topliss-reactive ketones (excluding diaryl/α,β-unsaturated/α-hetero) is 1. The molecule has 1 aliphatic heterocycles. The van der Waals surface area contributed by atoms with E-state index in [2.05, 4.69) is 25.7 Å². The number of halogens is 2. The lowest BCUT2D eigenvalue weighted by Gasteiger charge is -2.32. The van der Waals surface area contributed by atoms with Crippen LogP contribution in [0.4, 0.5) is 8.78 Å². The summed E-state index contributed by atoms with van der Waals surface area (Å²) < 4.78 is 28.0. The van der Waals surface area contributed by atoms with E-state index in [-0.39, 0.29) is 16.5 Å². The van der Waals surface area contributed by atoms with Crippen molar-refractivity contribution in [3.8, 4) is 11.8 Å². The minimum Gasteiger partial charge on any atom is -0.294 e. The van der Waals surface area contributed by atoms with E-state index in [1.165, 1.54) is 29.5 Å². The Bertz CT molecular complexity index is 919. The molecule has 0 radical (unpaired) electrons. The second kappa shape index (κ2) is 6.65. The van der Waals surface area contributed by atoms with Crippen molar-refractivity contribution in [3.05, 3.63) is 64.2 Å². The Morgan fingerprint density at radius 2 is 1.88 bits per heavy atom. The van der Waals surface area contributed by atoms with Crippen molar-refractivity contribution < 1.29 is 13.6 Å². The Balaban J connectivity index is 1.98. The molecule has 25 heavy (non-hydrogen) atoms. The molecule has 0 spiro atoms. The summed E-state index contributed by atoms with van der Waals surface area (Å²) in [6.45, 7) is 5.62. The lowest BCUT2D eigenvalue weighted by atomic mass is 9.81. The monoisotopic (exact) mass is 356 g/mol. The number of rotatable bonds is 1. The number of hydrogen-bond donors (Lipinski definition) is 0. The minimum atomic E-state index is -1.14. The lowest BCUT2D eigenvalue weighted by molar-refractivity contribution is 0.101. The van der Waals surface area contributed by atoms with E-state index in [9.17, 15) is 13.6 Å². The molecule has 2 aromatic carbocycles. The van der Waals surface area contributed by atoms with Gasteiger partial charge >= 0.3 is 0 Å². The first-order valence-corrected chi connectivity index (χ1v) is 9.06. The van der Waals surface area contributed by atoms with Crippen molar-refractivity contribution in [1.82, 2.24) is 0 Å². The van der Waals surface area contributed by atoms with Crippen LogP contribution in [0.3, 0.4) is 0 Å². The summed E-state index contributed by atoms with van der Waals surface area (Å²) in [6, 6.07) is 8.60. The molecule has 0 fully saturated rings. The first-order chi connectivity index (χ1) is 11.8. The van der Waals surface area contributed by atoms with Gasteiger partial charge in [-0.3, -0.25) is 4.79 Å². The molecule has 0 aromatic heterocycles. The number of benzene rings is 2. The molecule has 0 saturated carbocycles. The fraction of sp³-hybridized carbons (Fsp3) is 0.286. The van der Waals surface area contributed by atoms with Crippen LogP contribution in [-0.2, 0) is 5.41 Å². The summed E-state index contributed by atoms with van der Waals surface area (Å²) in [7, 11) is 0. The molecule has 0 unspecified atom stereocenters. The number of fused-ring (bicyclic) bond motifs is 1. The average Bonchev–Trinajstić information content (AvgIpc) is 2.56. The van der Waals surface area contributed by atoms with Crippen LogP contribution < -0.4 is 0 Å². The van der Waals surface area contributed by atoms with E-state index in [0.29, 0.717) is 0 Å². The van der Waals surface area contributed by atoms with Crippen molar-refractivity contribution in [2.75, 3.05) is 5.75 Å². The van der Waals surface area contributed by atoms with E-state index >= 15 is 0 Å². The zero-order valence-corrected chi connectivity index (χ0v) is 15.2. The Morgan fingerprint density at radius 3 is 2.60 bits per heavy atom. The molecule has 0 saturated heterocycles. The molecular weight excluding hydrogens is 338 g/mol. The van der Waals surface area contributed by atoms with Crippen molar-refractivity contribution in [3.63, 3.8) is 0 Å². The number of ketones is 1. The topological polar surface area (TPSA) is 17.1 Å². The fourth-order valence-corrected chi connectivity index (χ4v) is 4.36. The predicted octanol–water partition coefficient (Wildman–Crippen LogP) is 5.34. The Hall–Kier alpha value is -2.12. The van der Waals surface area contributed by atoms with Gasteiger partial charge < -0.3 is 0 Å². The molecule has 0 aliphatic carbocycles. The third-order valence-electron chi connectivity index (χ3n) is 4.50. The Kier molecular flexibility index (Phi) is 4.71. The average molecular weight is 356 g/mol. The number of thioether (sulfide) groups is 1. The molecule has 0 atom stereocenters. The quantitative estimate of drug-likeness (QED) is 0.507. The highest BCUT2D eigenvalue weighted by Crippen LogP contribution is 2.41. The maximum absolute atomic E-state index is 14.1. The van der Waals surface area contributed by atoms with E-state index in [1.807, 2.05) is 30.0 Å². The highest BCUT2D eigenvalue weighted by atomic mass is 32.2. The third kappa shape index (κ3) is 3.48. The van der Waals surface area contributed by atoms with Gasteiger partial charge in [0.1, 0.15) is 0 Å². The van der Waals surface area contributed by atoms with E-state index < -0.39 is 17.4 Å². The first kappa shape index (κ1) is 17.7. The van der Waals surface area contributed by atoms with Gasteiger partial charge in [0.15, 0.2) is 17.4 Å². The lowest BCUT2D eigenvalue weighted by Crippen LogP contribution is -2.22. The van der Waals surface area contributed by atoms with E-state index in [4.69, 9.17) is 0 Å². The van der Waals surface area contributed by atoms with Crippen LogP contribution in [0.5, 0.6) is 0 Å². The summed E-state index contributed by atoms with van der Waals surface area (Å²) >= 11 is 1.83. The van der Waals surface area contributed by atoms with Gasteiger partial charge in [0, 0.05) is 10.5 Å². The van der Waals surface area contributed by atoms with Gasteiger partial charge in [-0.2, -0.15) is 0 Å². The summed E-state index contributed by atoms with van der Waals surface area (Å²) in [5, 5.41) is 0. The molecule has 0 N–H and O–H groups in total. The molecule has 128 valence electrons. The molecule has 1 nitrogen and oxygen atoms in total. The van der Waals surface area contributed by atoms with Crippen molar-refractivity contribution in [2.45, 2.75) is 37.5 Å². The van der Waals surface area contributed by atoms with Gasteiger partial charge in [0.05, 0.1) is 11.1 Å². The van der Waals surface area contributed by atoms with Crippen LogP contribution in [0.1, 0.15) is 54.2 Å². The van der Waals surface area contributed by atoms with Crippen LogP contribution in [0.15, 0.2) is 35.2 Å². The van der Waals surface area contributed by atoms with Crippen LogP contribution in [0.2, 0.25) is 0 Å². The zero-order chi connectivity index (χ0) is 18.2. The van der Waals surface area contributed by atoms with Crippen LogP contribution in [0, 0.1) is 23.5 Å². The predicted molar refractivity (Wildman–Crippen MR) is 97.2 cm³/mol. The van der Waals surface area contributed by atoms with E-state index in [0.717, 1.165) is 17.7 Å². The van der Waals surface area contributed by atoms with Gasteiger partial charge in [-0.05, 0) is 60.4 Å². The first-order valence-electron chi connectivity index (χ1n) is 8.08. The Morgan fingerprint density at radius 1 is 1.12 bits per heavy atom. The van der Waals surface area contributed by atoms with Crippen molar-refractivity contribution >= 4 is 17.5 Å². The molecule has 0 bridgehead atoms. The number of carbonyl (C=O) groups excluding carboxylic acids is 1. The molecule has 3 rings (SSSR count). The highest BCUT2D eigenvalue weighted by Gasteiger charge is 2.27. The highest BCUT2D eigenvalue weighted by molar-refractivity contribution is 7.99. The zero-order valence-electron chi connectivity index (χ0n) is 14.4. The molecule has 0 amide bonds. The second-order valence-corrected chi connectivity index (χ2v) is 7.92. The van der Waals surface area contributed by atoms with Crippen LogP contribution in [-0.4, -0.2) is 11.5 Å². The van der Waals surface area contributed by atoms with Gasteiger partial charge in [0.25, 0.3) is 0 Å². The summed E-state index contributed by atoms with van der Waals surface area (Å²) in [6.07, 6.45) is 1.09. The molecular formula is C21H18F2OS. The number of hydrogen-bond acceptors (Lipinski definition) is 2. The normalized spacial score (nSPS) is 15.1. The maximum Gasteiger partial charge on any atom is 0.175 e. The minimum absolute atomic E-state index is 0.0474. The van der Waals surface area contributed by atoms with Gasteiger partial charge in [-0.25, -0.2) is 8.78 Å². The molecule has 4 heteroatoms. The van der Waals surface area contributed by atoms with Gasteiger partial charge in [-0.1, -0.05) is 25.7 Å².